The van der Waals surface area contributed by atoms with Crippen molar-refractivity contribution in [1.82, 2.24) is 4.90 Å². The van der Waals surface area contributed by atoms with Crippen LogP contribution in [0.25, 0.3) is 0 Å². The number of hydrogen-bond donors (Lipinski definition) is 1. The van der Waals surface area contributed by atoms with Crippen LogP contribution in [0.1, 0.15) is 13.8 Å². The predicted molar refractivity (Wildman–Crippen MR) is 98.4 cm³/mol. The molecule has 26 heavy (non-hydrogen) atoms. The molecule has 1 aliphatic heterocycles. The van der Waals surface area contributed by atoms with E-state index in [9.17, 15) is 18.0 Å². The summed E-state index contributed by atoms with van der Waals surface area (Å²) < 4.78 is 47.3. The van der Waals surface area contributed by atoms with Crippen molar-refractivity contribution in [1.29, 1.82) is 0 Å². The highest BCUT2D eigenvalue weighted by molar-refractivity contribution is 8.23. The number of morpholine rings is 1. The van der Waals surface area contributed by atoms with Gasteiger partial charge in [-0.2, -0.15) is 0 Å². The molecule has 10 heteroatoms. The number of hydrogen-bond acceptors (Lipinski definition) is 5. The Hall–Kier alpha value is -1.52. The first-order chi connectivity index (χ1) is 12.1. The summed E-state index contributed by atoms with van der Waals surface area (Å²) in [5.41, 5.74) is -0.0463. The fourth-order valence-corrected chi connectivity index (χ4v) is 3.50. The Labute approximate surface area is 159 Å². The van der Waals surface area contributed by atoms with Crippen LogP contribution in [-0.2, 0) is 9.53 Å². The van der Waals surface area contributed by atoms with Crippen molar-refractivity contribution in [3.8, 4) is 5.75 Å². The van der Waals surface area contributed by atoms with E-state index in [1.54, 1.807) is 0 Å². The summed E-state index contributed by atoms with van der Waals surface area (Å²) in [4.78, 5) is 14.0. The van der Waals surface area contributed by atoms with Crippen LogP contribution in [0.3, 0.4) is 0 Å². The number of benzene rings is 1. The number of para-hydroxylation sites is 2. The third kappa shape index (κ3) is 6.65. The topological polar surface area (TPSA) is 50.8 Å². The molecule has 144 valence electrons. The second kappa shape index (κ2) is 8.92. The molecule has 0 aromatic heterocycles. The second-order valence-corrected chi connectivity index (χ2v) is 7.42. The number of ether oxygens (including phenoxy) is 2. The highest BCUT2D eigenvalue weighted by Gasteiger charge is 2.32. The van der Waals surface area contributed by atoms with E-state index in [2.05, 4.69) is 10.1 Å². The monoisotopic (exact) mass is 408 g/mol. The zero-order valence-electron chi connectivity index (χ0n) is 14.2. The van der Waals surface area contributed by atoms with Gasteiger partial charge in [-0.05, 0) is 26.0 Å². The van der Waals surface area contributed by atoms with Crippen LogP contribution in [-0.4, -0.2) is 52.5 Å². The van der Waals surface area contributed by atoms with E-state index in [1.807, 2.05) is 18.7 Å². The SMILES string of the molecule is C[C@@H]1CN(C(=S)SCC(=O)Nc2ccccc2OC(F)(F)F)C[C@@H](C)O1. The molecule has 0 spiro atoms. The quantitative estimate of drug-likeness (QED) is 0.768. The van der Waals surface area contributed by atoms with Crippen molar-refractivity contribution in [2.24, 2.45) is 0 Å². The Morgan fingerprint density at radius 3 is 2.58 bits per heavy atom. The lowest BCUT2D eigenvalue weighted by atomic mass is 10.2. The van der Waals surface area contributed by atoms with E-state index in [1.165, 1.54) is 18.2 Å². The summed E-state index contributed by atoms with van der Waals surface area (Å²) in [5, 5.41) is 2.42. The minimum absolute atomic E-state index is 0.0146. The number of rotatable bonds is 4. The molecule has 2 atom stereocenters. The number of anilines is 1. The van der Waals surface area contributed by atoms with Gasteiger partial charge in [0, 0.05) is 13.1 Å². The number of nitrogens with zero attached hydrogens (tertiary/aromatic N) is 1. The first-order valence-corrected chi connectivity index (χ1v) is 9.25. The summed E-state index contributed by atoms with van der Waals surface area (Å²) >= 11 is 6.50. The molecule has 1 amide bonds. The molecule has 0 radical (unpaired) electrons. The molecule has 0 bridgehead atoms. The molecule has 1 N–H and O–H groups in total. The predicted octanol–water partition coefficient (Wildman–Crippen LogP) is 3.65. The number of carbonyl (C=O) groups excluding carboxylic acids is 1. The lowest BCUT2D eigenvalue weighted by molar-refractivity contribution is -0.274. The summed E-state index contributed by atoms with van der Waals surface area (Å²) in [6.45, 7) is 5.17. The van der Waals surface area contributed by atoms with E-state index in [0.717, 1.165) is 17.8 Å². The van der Waals surface area contributed by atoms with Crippen molar-refractivity contribution in [2.75, 3.05) is 24.2 Å². The minimum atomic E-state index is -4.83. The van der Waals surface area contributed by atoms with Crippen LogP contribution >= 0.6 is 24.0 Å². The van der Waals surface area contributed by atoms with Gasteiger partial charge in [0.15, 0.2) is 5.75 Å². The maximum absolute atomic E-state index is 12.4. The third-order valence-electron chi connectivity index (χ3n) is 3.39. The Balaban J connectivity index is 1.88. The number of carbonyl (C=O) groups is 1. The van der Waals surface area contributed by atoms with Crippen molar-refractivity contribution >= 4 is 39.9 Å². The fourth-order valence-electron chi connectivity index (χ4n) is 2.52. The molecule has 2 rings (SSSR count). The van der Waals surface area contributed by atoms with Gasteiger partial charge in [0.05, 0.1) is 23.6 Å². The number of thioether (sulfide) groups is 1. The van der Waals surface area contributed by atoms with Crippen molar-refractivity contribution in [2.45, 2.75) is 32.4 Å². The van der Waals surface area contributed by atoms with Gasteiger partial charge in [0.1, 0.15) is 4.32 Å². The number of amides is 1. The van der Waals surface area contributed by atoms with Crippen molar-refractivity contribution < 1.29 is 27.4 Å². The molecular weight excluding hydrogens is 389 g/mol. The molecule has 0 aliphatic carbocycles. The average Bonchev–Trinajstić information content (AvgIpc) is 2.52. The molecule has 0 saturated carbocycles. The Bertz CT molecular complexity index is 648. The van der Waals surface area contributed by atoms with Gasteiger partial charge < -0.3 is 19.7 Å². The lowest BCUT2D eigenvalue weighted by Crippen LogP contribution is -2.47. The lowest BCUT2D eigenvalue weighted by Gasteiger charge is -2.36. The highest BCUT2D eigenvalue weighted by atomic mass is 32.2. The van der Waals surface area contributed by atoms with Crippen LogP contribution in [0.5, 0.6) is 5.75 Å². The van der Waals surface area contributed by atoms with Crippen LogP contribution in [0.4, 0.5) is 18.9 Å². The Morgan fingerprint density at radius 1 is 1.35 bits per heavy atom. The average molecular weight is 408 g/mol. The van der Waals surface area contributed by atoms with Crippen molar-refractivity contribution in [3.63, 3.8) is 0 Å². The number of halogens is 3. The summed E-state index contributed by atoms with van der Waals surface area (Å²) in [5.74, 6) is -0.944. The highest BCUT2D eigenvalue weighted by Crippen LogP contribution is 2.30. The summed E-state index contributed by atoms with van der Waals surface area (Å²) in [7, 11) is 0. The Kier molecular flexibility index (Phi) is 7.13. The van der Waals surface area contributed by atoms with E-state index >= 15 is 0 Å². The second-order valence-electron chi connectivity index (χ2n) is 5.81. The maximum atomic E-state index is 12.4. The van der Waals surface area contributed by atoms with Gasteiger partial charge in [0.25, 0.3) is 0 Å². The zero-order chi connectivity index (χ0) is 19.3. The molecule has 1 fully saturated rings. The molecule has 5 nitrogen and oxygen atoms in total. The normalized spacial score (nSPS) is 20.6. The van der Waals surface area contributed by atoms with Crippen molar-refractivity contribution in [3.05, 3.63) is 24.3 Å². The number of alkyl halides is 3. The molecule has 1 aliphatic rings. The third-order valence-corrected chi connectivity index (χ3v) is 4.91. The number of thiocarbonyl (C=S) groups is 1. The molecule has 1 heterocycles. The molecular formula is C16H19F3N2O3S2. The van der Waals surface area contributed by atoms with Gasteiger partial charge in [-0.1, -0.05) is 36.1 Å². The minimum Gasteiger partial charge on any atom is -0.404 e. The van der Waals surface area contributed by atoms with E-state index in [0.29, 0.717) is 17.4 Å². The number of nitrogens with one attached hydrogen (secondary N) is 1. The Morgan fingerprint density at radius 2 is 1.96 bits per heavy atom. The van der Waals surface area contributed by atoms with Crippen LogP contribution < -0.4 is 10.1 Å². The van der Waals surface area contributed by atoms with Crippen LogP contribution in [0.15, 0.2) is 24.3 Å². The van der Waals surface area contributed by atoms with E-state index < -0.39 is 18.0 Å². The maximum Gasteiger partial charge on any atom is 0.573 e. The smallest absolute Gasteiger partial charge is 0.404 e. The van der Waals surface area contributed by atoms with E-state index in [-0.39, 0.29) is 23.6 Å². The van der Waals surface area contributed by atoms with Gasteiger partial charge in [-0.15, -0.1) is 13.2 Å². The van der Waals surface area contributed by atoms with Crippen LogP contribution in [0, 0.1) is 0 Å². The summed E-state index contributed by atoms with van der Waals surface area (Å²) in [6.07, 6.45) is -4.75. The van der Waals surface area contributed by atoms with Gasteiger partial charge in [-0.3, -0.25) is 4.79 Å². The first-order valence-electron chi connectivity index (χ1n) is 7.86. The van der Waals surface area contributed by atoms with Gasteiger partial charge >= 0.3 is 6.36 Å². The molecule has 1 aromatic rings. The van der Waals surface area contributed by atoms with E-state index in [4.69, 9.17) is 17.0 Å². The largest absolute Gasteiger partial charge is 0.573 e. The van der Waals surface area contributed by atoms with Gasteiger partial charge in [0.2, 0.25) is 5.91 Å². The zero-order valence-corrected chi connectivity index (χ0v) is 15.8. The molecule has 1 saturated heterocycles. The molecule has 1 aromatic carbocycles. The van der Waals surface area contributed by atoms with Gasteiger partial charge in [-0.25, -0.2) is 0 Å². The first kappa shape index (κ1) is 20.8. The standard InChI is InChI=1S/C16H19F3N2O3S2/c1-10-7-21(8-11(2)23-10)15(25)26-9-14(22)20-12-5-3-4-6-13(12)24-16(17,18)19/h3-6,10-11H,7-9H2,1-2H3,(H,20,22)/t10-,11-/m1/s1. The fraction of sp³-hybridized carbons (Fsp3) is 0.500. The summed E-state index contributed by atoms with van der Waals surface area (Å²) in [6, 6.07) is 5.37. The van der Waals surface area contributed by atoms with Crippen LogP contribution in [0.2, 0.25) is 0 Å². The molecule has 0 unspecified atom stereocenters.